The predicted octanol–water partition coefficient (Wildman–Crippen LogP) is 3.73. The zero-order valence-electron chi connectivity index (χ0n) is 15.8. The third-order valence-corrected chi connectivity index (χ3v) is 6.20. The number of hydrogen-bond acceptors (Lipinski definition) is 3. The molecule has 0 bridgehead atoms. The van der Waals surface area contributed by atoms with E-state index < -0.39 is 0 Å². The molecule has 0 aliphatic carbocycles. The van der Waals surface area contributed by atoms with Gasteiger partial charge < -0.3 is 9.80 Å². The molecule has 3 heterocycles. The number of halogens is 2. The van der Waals surface area contributed by atoms with Crippen LogP contribution in [0.15, 0.2) is 30.5 Å². The van der Waals surface area contributed by atoms with Gasteiger partial charge in [0.15, 0.2) is 0 Å². The number of aryl methyl sites for hydroxylation is 1. The fraction of sp³-hybridized carbons (Fsp3) is 0.500. The van der Waals surface area contributed by atoms with Crippen molar-refractivity contribution in [1.82, 2.24) is 14.7 Å². The molecule has 7 heteroatoms. The monoisotopic (exact) mass is 390 g/mol. The SMILES string of the molecule is Cn1ncc(Cl)c1C(=O)N1CC[C@H]2[C@@H](C1)CC(C)(C)N2c1ccc(F)cc1. The van der Waals surface area contributed by atoms with Crippen LogP contribution < -0.4 is 4.90 Å². The van der Waals surface area contributed by atoms with Gasteiger partial charge in [-0.2, -0.15) is 5.10 Å². The Morgan fingerprint density at radius 3 is 2.63 bits per heavy atom. The van der Waals surface area contributed by atoms with E-state index >= 15 is 0 Å². The first-order valence-corrected chi connectivity index (χ1v) is 9.67. The van der Waals surface area contributed by atoms with Crippen molar-refractivity contribution in [3.63, 3.8) is 0 Å². The summed E-state index contributed by atoms with van der Waals surface area (Å²) in [6, 6.07) is 7.08. The lowest BCUT2D eigenvalue weighted by molar-refractivity contribution is 0.0656. The zero-order valence-corrected chi connectivity index (χ0v) is 16.6. The molecule has 2 fully saturated rings. The molecule has 27 heavy (non-hydrogen) atoms. The first kappa shape index (κ1) is 18.3. The highest BCUT2D eigenvalue weighted by molar-refractivity contribution is 6.33. The Kier molecular flexibility index (Phi) is 4.41. The standard InChI is InChI=1S/C20H24ClFN4O/c1-20(2)10-13-12-25(19(27)18-16(21)11-23-24(18)3)9-8-17(13)26(20)15-6-4-14(22)5-7-15/h4-7,11,13,17H,8-10,12H2,1-3H3/t13-,17+/m1/s1. The second kappa shape index (κ2) is 6.51. The Labute approximate surface area is 163 Å². The molecule has 144 valence electrons. The van der Waals surface area contributed by atoms with Gasteiger partial charge in [0.05, 0.1) is 11.2 Å². The van der Waals surface area contributed by atoms with Gasteiger partial charge in [-0.25, -0.2) is 4.39 Å². The van der Waals surface area contributed by atoms with Gasteiger partial charge in [-0.05, 0) is 56.9 Å². The topological polar surface area (TPSA) is 41.4 Å². The number of piperidine rings is 1. The molecule has 5 nitrogen and oxygen atoms in total. The van der Waals surface area contributed by atoms with Crippen molar-refractivity contribution in [3.8, 4) is 0 Å². The number of nitrogens with zero attached hydrogens (tertiary/aromatic N) is 4. The van der Waals surface area contributed by atoms with Crippen LogP contribution in [0.5, 0.6) is 0 Å². The lowest BCUT2D eigenvalue weighted by Crippen LogP contribution is -2.50. The van der Waals surface area contributed by atoms with Gasteiger partial charge >= 0.3 is 0 Å². The van der Waals surface area contributed by atoms with E-state index in [-0.39, 0.29) is 17.3 Å². The summed E-state index contributed by atoms with van der Waals surface area (Å²) in [5, 5.41) is 4.47. The highest BCUT2D eigenvalue weighted by Gasteiger charge is 2.48. The lowest BCUT2D eigenvalue weighted by atomic mass is 9.89. The van der Waals surface area contributed by atoms with Gasteiger partial charge in [0.2, 0.25) is 0 Å². The summed E-state index contributed by atoms with van der Waals surface area (Å²) < 4.78 is 14.9. The van der Waals surface area contributed by atoms with E-state index in [9.17, 15) is 9.18 Å². The molecule has 1 amide bonds. The van der Waals surface area contributed by atoms with E-state index in [2.05, 4.69) is 23.8 Å². The second-order valence-corrected chi connectivity index (χ2v) is 8.60. The average molecular weight is 391 g/mol. The number of fused-ring (bicyclic) bond motifs is 1. The minimum absolute atomic E-state index is 0.0452. The number of hydrogen-bond donors (Lipinski definition) is 0. The van der Waals surface area contributed by atoms with Gasteiger partial charge in [0.1, 0.15) is 11.5 Å². The quantitative estimate of drug-likeness (QED) is 0.784. The van der Waals surface area contributed by atoms with E-state index in [0.717, 1.165) is 18.5 Å². The first-order valence-electron chi connectivity index (χ1n) is 9.29. The molecule has 2 aliphatic heterocycles. The maximum atomic E-state index is 13.4. The van der Waals surface area contributed by atoms with Crippen LogP contribution in [0, 0.1) is 11.7 Å². The highest BCUT2D eigenvalue weighted by atomic mass is 35.5. The molecule has 0 saturated carbocycles. The second-order valence-electron chi connectivity index (χ2n) is 8.19. The zero-order chi connectivity index (χ0) is 19.3. The van der Waals surface area contributed by atoms with Crippen LogP contribution in [0.3, 0.4) is 0 Å². The molecule has 2 saturated heterocycles. The Bertz CT molecular complexity index is 844. The predicted molar refractivity (Wildman–Crippen MR) is 104 cm³/mol. The molecule has 2 aromatic rings. The van der Waals surface area contributed by atoms with Crippen LogP contribution in [0.4, 0.5) is 10.1 Å². The normalized spacial score (nSPS) is 24.2. The van der Waals surface area contributed by atoms with Crippen LogP contribution in [0.1, 0.15) is 37.2 Å². The van der Waals surface area contributed by atoms with Crippen molar-refractivity contribution in [1.29, 1.82) is 0 Å². The van der Waals surface area contributed by atoms with Crippen molar-refractivity contribution < 1.29 is 9.18 Å². The van der Waals surface area contributed by atoms with Crippen molar-refractivity contribution >= 4 is 23.2 Å². The third kappa shape index (κ3) is 3.10. The minimum Gasteiger partial charge on any atom is -0.363 e. The number of benzene rings is 1. The molecular formula is C20H24ClFN4O. The van der Waals surface area contributed by atoms with Gasteiger partial charge in [-0.3, -0.25) is 9.48 Å². The molecular weight excluding hydrogens is 367 g/mol. The van der Waals surface area contributed by atoms with Crippen molar-refractivity contribution in [3.05, 3.63) is 47.0 Å². The molecule has 1 aromatic carbocycles. The average Bonchev–Trinajstić information content (AvgIpc) is 3.09. The maximum absolute atomic E-state index is 13.4. The van der Waals surface area contributed by atoms with Crippen molar-refractivity contribution in [2.75, 3.05) is 18.0 Å². The van der Waals surface area contributed by atoms with Crippen LogP contribution in [-0.2, 0) is 7.05 Å². The van der Waals surface area contributed by atoms with E-state index in [0.29, 0.717) is 35.8 Å². The molecule has 0 N–H and O–H groups in total. The van der Waals surface area contributed by atoms with E-state index in [1.165, 1.54) is 18.3 Å². The minimum atomic E-state index is -0.222. The summed E-state index contributed by atoms with van der Waals surface area (Å²) in [6.07, 6.45) is 3.38. The van der Waals surface area contributed by atoms with E-state index in [1.807, 2.05) is 17.0 Å². The molecule has 0 spiro atoms. The summed E-state index contributed by atoms with van der Waals surface area (Å²) >= 11 is 6.16. The molecule has 0 radical (unpaired) electrons. The number of carbonyl (C=O) groups excluding carboxylic acids is 1. The molecule has 1 aromatic heterocycles. The molecule has 0 unspecified atom stereocenters. The van der Waals surface area contributed by atoms with Crippen LogP contribution in [0.2, 0.25) is 5.02 Å². The number of aromatic nitrogens is 2. The number of likely N-dealkylation sites (tertiary alicyclic amines) is 1. The number of amides is 1. The number of rotatable bonds is 2. The first-order chi connectivity index (χ1) is 12.8. The Morgan fingerprint density at radius 1 is 1.30 bits per heavy atom. The van der Waals surface area contributed by atoms with Crippen LogP contribution in [-0.4, -0.2) is 45.3 Å². The van der Waals surface area contributed by atoms with Crippen LogP contribution >= 0.6 is 11.6 Å². The molecule has 2 aliphatic rings. The highest BCUT2D eigenvalue weighted by Crippen LogP contribution is 2.44. The number of anilines is 1. The van der Waals surface area contributed by atoms with Crippen molar-refractivity contribution in [2.45, 2.75) is 38.3 Å². The van der Waals surface area contributed by atoms with Crippen LogP contribution in [0.25, 0.3) is 0 Å². The Hall–Kier alpha value is -2.08. The molecule has 2 atom stereocenters. The molecule has 4 rings (SSSR count). The fourth-order valence-corrected chi connectivity index (χ4v) is 5.12. The maximum Gasteiger partial charge on any atom is 0.273 e. The van der Waals surface area contributed by atoms with Gasteiger partial charge in [-0.1, -0.05) is 11.6 Å². The Balaban J connectivity index is 1.56. The van der Waals surface area contributed by atoms with Gasteiger partial charge in [0.25, 0.3) is 5.91 Å². The summed E-state index contributed by atoms with van der Waals surface area (Å²) in [5.41, 5.74) is 1.45. The van der Waals surface area contributed by atoms with Crippen molar-refractivity contribution in [2.24, 2.45) is 13.0 Å². The number of carbonyl (C=O) groups is 1. The largest absolute Gasteiger partial charge is 0.363 e. The Morgan fingerprint density at radius 2 is 2.00 bits per heavy atom. The van der Waals surface area contributed by atoms with E-state index in [4.69, 9.17) is 11.6 Å². The summed E-state index contributed by atoms with van der Waals surface area (Å²) in [7, 11) is 1.74. The summed E-state index contributed by atoms with van der Waals surface area (Å²) in [6.45, 7) is 5.82. The van der Waals surface area contributed by atoms with Gasteiger partial charge in [-0.15, -0.1) is 0 Å². The summed E-state index contributed by atoms with van der Waals surface area (Å²) in [4.78, 5) is 17.3. The van der Waals surface area contributed by atoms with Gasteiger partial charge in [0, 0.05) is 37.4 Å². The smallest absolute Gasteiger partial charge is 0.273 e. The summed E-state index contributed by atoms with van der Waals surface area (Å²) in [5.74, 6) is 0.0898. The lowest BCUT2D eigenvalue weighted by Gasteiger charge is -2.41. The third-order valence-electron chi connectivity index (χ3n) is 5.93. The fourth-order valence-electron chi connectivity index (χ4n) is 4.88. The van der Waals surface area contributed by atoms with E-state index in [1.54, 1.807) is 11.7 Å².